The molecule has 0 aliphatic carbocycles. The molecule has 1 N–H and O–H groups in total. The summed E-state index contributed by atoms with van der Waals surface area (Å²) in [5.41, 5.74) is 1.58. The SMILES string of the molecule is Cc1c(Cl)cccc1NC(=O)CSc1nnc(N2CCOCC2)c2ccccc12. The molecule has 0 unspecified atom stereocenters. The molecule has 29 heavy (non-hydrogen) atoms. The van der Waals surface area contributed by atoms with E-state index in [0.29, 0.717) is 18.2 Å². The summed E-state index contributed by atoms with van der Waals surface area (Å²) in [6, 6.07) is 13.5. The Morgan fingerprint density at radius 3 is 2.69 bits per heavy atom. The molecule has 0 spiro atoms. The standard InChI is InChI=1S/C21H21ClN4O2S/c1-14-17(22)7-4-8-18(14)23-19(27)13-29-21-16-6-3-2-5-15(16)20(24-25-21)26-9-11-28-12-10-26/h2-8H,9-13H2,1H3,(H,23,27). The van der Waals surface area contributed by atoms with Gasteiger partial charge in [-0.05, 0) is 24.6 Å². The van der Waals surface area contributed by atoms with Gasteiger partial charge in [0.25, 0.3) is 0 Å². The minimum Gasteiger partial charge on any atom is -0.378 e. The fourth-order valence-electron chi connectivity index (χ4n) is 3.24. The number of benzene rings is 2. The molecule has 0 bridgehead atoms. The van der Waals surface area contributed by atoms with Gasteiger partial charge in [0, 0.05) is 34.6 Å². The van der Waals surface area contributed by atoms with Crippen LogP contribution in [0.15, 0.2) is 47.5 Å². The van der Waals surface area contributed by atoms with Gasteiger partial charge in [0.2, 0.25) is 5.91 Å². The van der Waals surface area contributed by atoms with Gasteiger partial charge < -0.3 is 15.0 Å². The van der Waals surface area contributed by atoms with Crippen molar-refractivity contribution in [3.8, 4) is 0 Å². The molecule has 1 aromatic heterocycles. The van der Waals surface area contributed by atoms with Crippen LogP contribution < -0.4 is 10.2 Å². The Kier molecular flexibility index (Phi) is 6.18. The van der Waals surface area contributed by atoms with E-state index >= 15 is 0 Å². The fourth-order valence-corrected chi connectivity index (χ4v) is 4.19. The molecule has 3 aromatic rings. The maximum absolute atomic E-state index is 12.5. The number of ether oxygens (including phenoxy) is 1. The van der Waals surface area contributed by atoms with Crippen molar-refractivity contribution >= 4 is 51.5 Å². The summed E-state index contributed by atoms with van der Waals surface area (Å²) in [4.78, 5) is 14.7. The molecule has 1 amide bonds. The van der Waals surface area contributed by atoms with Crippen LogP contribution in [0.3, 0.4) is 0 Å². The van der Waals surface area contributed by atoms with Crippen molar-refractivity contribution in [3.05, 3.63) is 53.1 Å². The van der Waals surface area contributed by atoms with Crippen molar-refractivity contribution in [3.63, 3.8) is 0 Å². The first-order valence-electron chi connectivity index (χ1n) is 9.39. The van der Waals surface area contributed by atoms with Crippen LogP contribution in [0.25, 0.3) is 10.8 Å². The third kappa shape index (κ3) is 4.47. The van der Waals surface area contributed by atoms with Gasteiger partial charge in [0.05, 0.1) is 19.0 Å². The van der Waals surface area contributed by atoms with E-state index in [0.717, 1.165) is 46.0 Å². The Bertz CT molecular complexity index is 1040. The first-order valence-corrected chi connectivity index (χ1v) is 10.8. The highest BCUT2D eigenvalue weighted by atomic mass is 35.5. The molecular weight excluding hydrogens is 408 g/mol. The Morgan fingerprint density at radius 1 is 1.14 bits per heavy atom. The quantitative estimate of drug-likeness (QED) is 0.615. The van der Waals surface area contributed by atoms with Gasteiger partial charge in [-0.25, -0.2) is 0 Å². The molecule has 4 rings (SSSR count). The predicted molar refractivity (Wildman–Crippen MR) is 118 cm³/mol. The van der Waals surface area contributed by atoms with Crippen LogP contribution in [0.5, 0.6) is 0 Å². The lowest BCUT2D eigenvalue weighted by molar-refractivity contribution is -0.113. The van der Waals surface area contributed by atoms with Crippen LogP contribution in [0.1, 0.15) is 5.56 Å². The average Bonchev–Trinajstić information content (AvgIpc) is 2.76. The molecule has 1 aliphatic rings. The third-order valence-corrected chi connectivity index (χ3v) is 6.22. The number of morpholine rings is 1. The number of aromatic nitrogens is 2. The van der Waals surface area contributed by atoms with E-state index in [1.807, 2.05) is 43.3 Å². The monoisotopic (exact) mass is 428 g/mol. The lowest BCUT2D eigenvalue weighted by atomic mass is 10.2. The van der Waals surface area contributed by atoms with Crippen LogP contribution in [-0.2, 0) is 9.53 Å². The first-order chi connectivity index (χ1) is 14.1. The Labute approximate surface area is 178 Å². The number of carbonyl (C=O) groups is 1. The second-order valence-corrected chi connectivity index (χ2v) is 8.09. The molecule has 2 aromatic carbocycles. The van der Waals surface area contributed by atoms with E-state index in [4.69, 9.17) is 16.3 Å². The summed E-state index contributed by atoms with van der Waals surface area (Å²) in [6.07, 6.45) is 0. The largest absolute Gasteiger partial charge is 0.378 e. The highest BCUT2D eigenvalue weighted by molar-refractivity contribution is 8.00. The molecule has 0 radical (unpaired) electrons. The lowest BCUT2D eigenvalue weighted by Gasteiger charge is -2.28. The Balaban J connectivity index is 1.51. The molecule has 0 saturated carbocycles. The summed E-state index contributed by atoms with van der Waals surface area (Å²) in [5, 5.41) is 15.2. The average molecular weight is 429 g/mol. The highest BCUT2D eigenvalue weighted by Crippen LogP contribution is 2.31. The van der Waals surface area contributed by atoms with E-state index in [-0.39, 0.29) is 11.7 Å². The number of hydrogen-bond donors (Lipinski definition) is 1. The van der Waals surface area contributed by atoms with E-state index in [1.165, 1.54) is 11.8 Å². The van der Waals surface area contributed by atoms with E-state index in [1.54, 1.807) is 6.07 Å². The molecule has 150 valence electrons. The lowest BCUT2D eigenvalue weighted by Crippen LogP contribution is -2.37. The molecule has 1 aliphatic heterocycles. The number of nitrogens with one attached hydrogen (secondary N) is 1. The minimum atomic E-state index is -0.108. The number of thioether (sulfide) groups is 1. The van der Waals surface area contributed by atoms with Crippen molar-refractivity contribution in [2.45, 2.75) is 11.9 Å². The molecule has 1 saturated heterocycles. The number of nitrogens with zero attached hydrogens (tertiary/aromatic N) is 3. The van der Waals surface area contributed by atoms with Crippen molar-refractivity contribution < 1.29 is 9.53 Å². The van der Waals surface area contributed by atoms with E-state index in [2.05, 4.69) is 20.4 Å². The zero-order valence-electron chi connectivity index (χ0n) is 16.0. The van der Waals surface area contributed by atoms with Crippen molar-refractivity contribution in [2.24, 2.45) is 0 Å². The zero-order chi connectivity index (χ0) is 20.2. The number of fused-ring (bicyclic) bond motifs is 1. The fraction of sp³-hybridized carbons (Fsp3) is 0.286. The smallest absolute Gasteiger partial charge is 0.234 e. The maximum Gasteiger partial charge on any atom is 0.234 e. The summed E-state index contributed by atoms with van der Waals surface area (Å²) in [7, 11) is 0. The minimum absolute atomic E-state index is 0.108. The van der Waals surface area contributed by atoms with Crippen molar-refractivity contribution in [2.75, 3.05) is 42.3 Å². The first kappa shape index (κ1) is 19.9. The van der Waals surface area contributed by atoms with Gasteiger partial charge in [-0.2, -0.15) is 0 Å². The molecule has 2 heterocycles. The molecule has 8 heteroatoms. The number of halogens is 1. The number of anilines is 2. The number of amides is 1. The van der Waals surface area contributed by atoms with Crippen LogP contribution in [0.4, 0.5) is 11.5 Å². The molecule has 6 nitrogen and oxygen atoms in total. The second kappa shape index (κ2) is 8.98. The zero-order valence-corrected chi connectivity index (χ0v) is 17.6. The highest BCUT2D eigenvalue weighted by Gasteiger charge is 2.18. The predicted octanol–water partition coefficient (Wildman–Crippen LogP) is 4.16. The van der Waals surface area contributed by atoms with Crippen molar-refractivity contribution in [1.82, 2.24) is 10.2 Å². The van der Waals surface area contributed by atoms with Gasteiger partial charge in [-0.1, -0.05) is 53.7 Å². The third-order valence-electron chi connectivity index (χ3n) is 4.83. The number of hydrogen-bond acceptors (Lipinski definition) is 6. The van der Waals surface area contributed by atoms with Gasteiger partial charge in [0.1, 0.15) is 5.03 Å². The topological polar surface area (TPSA) is 67.4 Å². The summed E-state index contributed by atoms with van der Waals surface area (Å²) in [5.74, 6) is 0.998. The summed E-state index contributed by atoms with van der Waals surface area (Å²) >= 11 is 7.51. The summed E-state index contributed by atoms with van der Waals surface area (Å²) in [6.45, 7) is 4.86. The van der Waals surface area contributed by atoms with Crippen molar-refractivity contribution in [1.29, 1.82) is 0 Å². The van der Waals surface area contributed by atoms with Crippen LogP contribution in [0.2, 0.25) is 5.02 Å². The molecular formula is C21H21ClN4O2S. The van der Waals surface area contributed by atoms with E-state index in [9.17, 15) is 4.79 Å². The molecule has 1 fully saturated rings. The van der Waals surface area contributed by atoms with Gasteiger partial charge in [-0.15, -0.1) is 10.2 Å². The summed E-state index contributed by atoms with van der Waals surface area (Å²) < 4.78 is 5.44. The Morgan fingerprint density at radius 2 is 1.90 bits per heavy atom. The Hall–Kier alpha value is -2.35. The van der Waals surface area contributed by atoms with Gasteiger partial charge in [-0.3, -0.25) is 4.79 Å². The van der Waals surface area contributed by atoms with Gasteiger partial charge in [0.15, 0.2) is 5.82 Å². The second-order valence-electron chi connectivity index (χ2n) is 6.72. The van der Waals surface area contributed by atoms with Crippen LogP contribution in [0, 0.1) is 6.92 Å². The number of rotatable bonds is 5. The van der Waals surface area contributed by atoms with Crippen LogP contribution >= 0.6 is 23.4 Å². The number of carbonyl (C=O) groups excluding carboxylic acids is 1. The maximum atomic E-state index is 12.5. The van der Waals surface area contributed by atoms with E-state index < -0.39 is 0 Å². The molecule has 0 atom stereocenters. The normalized spacial score (nSPS) is 14.2. The van der Waals surface area contributed by atoms with Gasteiger partial charge >= 0.3 is 0 Å². The van der Waals surface area contributed by atoms with Crippen LogP contribution in [-0.4, -0.2) is 48.2 Å².